The van der Waals surface area contributed by atoms with E-state index in [-0.39, 0.29) is 0 Å². The van der Waals surface area contributed by atoms with Gasteiger partial charge in [-0.1, -0.05) is 165 Å². The van der Waals surface area contributed by atoms with Gasteiger partial charge in [0.1, 0.15) is 8.07 Å². The van der Waals surface area contributed by atoms with E-state index in [9.17, 15) is 0 Å². The zero-order valence-corrected chi connectivity index (χ0v) is 33.4. The number of aromatic nitrogens is 3. The predicted octanol–water partition coefficient (Wildman–Crippen LogP) is 12.7. The lowest BCUT2D eigenvalue weighted by molar-refractivity contribution is 1.18. The molecule has 0 saturated heterocycles. The van der Waals surface area contributed by atoms with Crippen LogP contribution in [0.15, 0.2) is 200 Å². The topological polar surface area (TPSA) is 30.7 Å². The second-order valence-electron chi connectivity index (χ2n) is 15.8. The molecular weight excluding hydrogens is 719 g/mol. The minimum atomic E-state index is -2.06. The molecule has 0 N–H and O–H groups in total. The summed E-state index contributed by atoms with van der Waals surface area (Å²) < 4.78 is 2.39. The van der Waals surface area contributed by atoms with Crippen molar-refractivity contribution in [2.75, 3.05) is 0 Å². The molecular formula is C54H39N3Si. The number of rotatable bonds is 6. The lowest BCUT2D eigenvalue weighted by Gasteiger charge is -2.19. The Morgan fingerprint density at radius 1 is 0.397 bits per heavy atom. The van der Waals surface area contributed by atoms with E-state index in [1.807, 2.05) is 0 Å². The summed E-state index contributed by atoms with van der Waals surface area (Å²) >= 11 is 0. The fourth-order valence-corrected chi connectivity index (χ4v) is 12.0. The Bertz CT molecular complexity index is 3180. The van der Waals surface area contributed by atoms with Crippen LogP contribution in [0.2, 0.25) is 13.1 Å². The average molecular weight is 758 g/mol. The van der Waals surface area contributed by atoms with Gasteiger partial charge in [-0.2, -0.15) is 0 Å². The van der Waals surface area contributed by atoms with E-state index in [4.69, 9.17) is 9.97 Å². The van der Waals surface area contributed by atoms with Crippen molar-refractivity contribution in [1.82, 2.24) is 14.5 Å². The molecule has 0 saturated carbocycles. The Balaban J connectivity index is 1.02. The minimum Gasteiger partial charge on any atom is -0.309 e. The first-order valence-corrected chi connectivity index (χ1v) is 23.0. The maximum Gasteiger partial charge on any atom is 0.159 e. The van der Waals surface area contributed by atoms with Crippen LogP contribution in [-0.4, -0.2) is 22.6 Å². The molecule has 4 heteroatoms. The molecule has 1 aliphatic heterocycles. The molecule has 1 aliphatic rings. The first-order chi connectivity index (χ1) is 28.5. The van der Waals surface area contributed by atoms with Gasteiger partial charge in [-0.3, -0.25) is 0 Å². The van der Waals surface area contributed by atoms with Gasteiger partial charge in [-0.15, -0.1) is 0 Å². The van der Waals surface area contributed by atoms with E-state index in [1.165, 1.54) is 65.7 Å². The molecule has 2 aromatic heterocycles. The second kappa shape index (κ2) is 13.5. The molecule has 3 nitrogen and oxygen atoms in total. The summed E-state index contributed by atoms with van der Waals surface area (Å²) in [5.74, 6) is 0.777. The van der Waals surface area contributed by atoms with Gasteiger partial charge in [0.05, 0.1) is 16.7 Å². The summed E-state index contributed by atoms with van der Waals surface area (Å²) in [5.41, 5.74) is 16.3. The molecule has 0 spiro atoms. The van der Waals surface area contributed by atoms with Crippen LogP contribution in [0, 0.1) is 0 Å². The SMILES string of the molecule is C[Si]1(C)c2ccccc2-c2c(-c3ccccc3)nc(-c3cccc(-c4cccc(-c5ccc6c(c5)c5cc(-c7ccccc7)ccc5n6-c5ccccc5)c4)c3)nc21. The molecule has 0 unspecified atom stereocenters. The third-order valence-corrected chi connectivity index (χ3v) is 15.3. The van der Waals surface area contributed by atoms with Gasteiger partial charge in [0.2, 0.25) is 0 Å². The average Bonchev–Trinajstić information content (AvgIpc) is 3.74. The maximum atomic E-state index is 5.43. The van der Waals surface area contributed by atoms with Gasteiger partial charge in [0.25, 0.3) is 0 Å². The summed E-state index contributed by atoms with van der Waals surface area (Å²) in [7, 11) is -2.06. The molecule has 3 heterocycles. The lowest BCUT2D eigenvalue weighted by Crippen LogP contribution is -2.50. The van der Waals surface area contributed by atoms with E-state index >= 15 is 0 Å². The van der Waals surface area contributed by atoms with Gasteiger partial charge in [-0.25, -0.2) is 9.97 Å². The molecule has 8 aromatic carbocycles. The van der Waals surface area contributed by atoms with Crippen LogP contribution in [0.25, 0.3) is 94.6 Å². The highest BCUT2D eigenvalue weighted by Gasteiger charge is 2.41. The van der Waals surface area contributed by atoms with Crippen LogP contribution < -0.4 is 10.5 Å². The van der Waals surface area contributed by atoms with E-state index in [0.29, 0.717) is 0 Å². The Labute approximate surface area is 339 Å². The van der Waals surface area contributed by atoms with Crippen LogP contribution in [0.1, 0.15) is 0 Å². The molecule has 274 valence electrons. The van der Waals surface area contributed by atoms with Crippen molar-refractivity contribution in [3.63, 3.8) is 0 Å². The van der Waals surface area contributed by atoms with Gasteiger partial charge >= 0.3 is 0 Å². The number of hydrogen-bond acceptors (Lipinski definition) is 2. The number of benzene rings is 8. The Morgan fingerprint density at radius 2 is 0.879 bits per heavy atom. The molecule has 0 aliphatic carbocycles. The monoisotopic (exact) mass is 757 g/mol. The molecule has 11 rings (SSSR count). The Kier molecular flexibility index (Phi) is 7.95. The van der Waals surface area contributed by atoms with E-state index < -0.39 is 8.07 Å². The minimum absolute atomic E-state index is 0.777. The van der Waals surface area contributed by atoms with E-state index in [2.05, 4.69) is 218 Å². The van der Waals surface area contributed by atoms with Crippen molar-refractivity contribution in [2.24, 2.45) is 0 Å². The third kappa shape index (κ3) is 5.56. The summed E-state index contributed by atoms with van der Waals surface area (Å²) in [6.45, 7) is 4.84. The number of hydrogen-bond donors (Lipinski definition) is 0. The summed E-state index contributed by atoms with van der Waals surface area (Å²) in [5, 5.41) is 5.12. The standard InChI is InChI=1S/C54H39N3Si/c1-58(2)50-27-13-12-26-45(50)51-52(37-18-8-4-9-19-37)55-53(56-54(51)58)43-23-15-22-40(33-43)38-20-14-21-39(32-38)42-29-31-49-47(35-42)46-34-41(36-16-6-3-7-17-36)28-30-48(46)57(49)44-24-10-5-11-25-44/h3-35H,1-2H3. The molecule has 0 fully saturated rings. The first-order valence-electron chi connectivity index (χ1n) is 20.0. The van der Waals surface area contributed by atoms with Crippen LogP contribution in [0.5, 0.6) is 0 Å². The van der Waals surface area contributed by atoms with Gasteiger partial charge in [0, 0.05) is 38.5 Å². The van der Waals surface area contributed by atoms with Crippen molar-refractivity contribution >= 4 is 40.4 Å². The molecule has 0 atom stereocenters. The normalized spacial score (nSPS) is 12.8. The van der Waals surface area contributed by atoms with E-state index in [1.54, 1.807) is 0 Å². The van der Waals surface area contributed by atoms with Crippen LogP contribution in [0.3, 0.4) is 0 Å². The smallest absolute Gasteiger partial charge is 0.159 e. The number of fused-ring (bicyclic) bond motifs is 6. The summed E-state index contributed by atoms with van der Waals surface area (Å²) in [6.07, 6.45) is 0. The maximum absolute atomic E-state index is 5.43. The molecule has 58 heavy (non-hydrogen) atoms. The zero-order valence-electron chi connectivity index (χ0n) is 32.4. The lowest BCUT2D eigenvalue weighted by atomic mass is 9.96. The van der Waals surface area contributed by atoms with Gasteiger partial charge < -0.3 is 4.57 Å². The van der Waals surface area contributed by atoms with Crippen molar-refractivity contribution in [3.05, 3.63) is 200 Å². The first kappa shape index (κ1) is 34.1. The molecule has 0 radical (unpaired) electrons. The molecule has 10 aromatic rings. The number of nitrogens with zero attached hydrogens (tertiary/aromatic N) is 3. The van der Waals surface area contributed by atoms with Crippen LogP contribution in [-0.2, 0) is 0 Å². The van der Waals surface area contributed by atoms with Crippen molar-refractivity contribution in [1.29, 1.82) is 0 Å². The third-order valence-electron chi connectivity index (χ3n) is 12.0. The van der Waals surface area contributed by atoms with Crippen LogP contribution in [0.4, 0.5) is 0 Å². The quantitative estimate of drug-likeness (QED) is 0.158. The van der Waals surface area contributed by atoms with E-state index in [0.717, 1.165) is 39.5 Å². The Hall–Kier alpha value is -7.14. The van der Waals surface area contributed by atoms with Crippen molar-refractivity contribution in [3.8, 4) is 72.8 Å². The second-order valence-corrected chi connectivity index (χ2v) is 20.1. The predicted molar refractivity (Wildman–Crippen MR) is 246 cm³/mol. The van der Waals surface area contributed by atoms with Crippen molar-refractivity contribution in [2.45, 2.75) is 13.1 Å². The molecule has 0 amide bonds. The van der Waals surface area contributed by atoms with Crippen LogP contribution >= 0.6 is 0 Å². The highest BCUT2D eigenvalue weighted by molar-refractivity contribution is 7.03. The fourth-order valence-electron chi connectivity index (χ4n) is 9.06. The highest BCUT2D eigenvalue weighted by atomic mass is 28.3. The van der Waals surface area contributed by atoms with Gasteiger partial charge in [-0.05, 0) is 92.7 Å². The van der Waals surface area contributed by atoms with Crippen molar-refractivity contribution < 1.29 is 0 Å². The van der Waals surface area contributed by atoms with Gasteiger partial charge in [0.15, 0.2) is 5.82 Å². The summed E-state index contributed by atoms with van der Waals surface area (Å²) in [6, 6.07) is 72.2. The number of para-hydroxylation sites is 1. The Morgan fingerprint density at radius 3 is 1.52 bits per heavy atom. The zero-order chi connectivity index (χ0) is 38.8. The fraction of sp³-hybridized carbons (Fsp3) is 0.0370. The highest BCUT2D eigenvalue weighted by Crippen LogP contribution is 2.39. The summed E-state index contributed by atoms with van der Waals surface area (Å²) in [4.78, 5) is 10.8. The molecule has 0 bridgehead atoms. The largest absolute Gasteiger partial charge is 0.309 e.